The minimum atomic E-state index is -0.311. The Balaban J connectivity index is 1.84. The summed E-state index contributed by atoms with van der Waals surface area (Å²) in [5.74, 6) is -0.311. The molecular weight excluding hydrogens is 381 g/mol. The van der Waals surface area contributed by atoms with Gasteiger partial charge in [0.25, 0.3) is 5.91 Å². The average molecular weight is 394 g/mol. The van der Waals surface area contributed by atoms with E-state index >= 15 is 0 Å². The van der Waals surface area contributed by atoms with Gasteiger partial charge in [0.05, 0.1) is 32.5 Å². The molecule has 4 aromatic rings. The Labute approximate surface area is 165 Å². The van der Waals surface area contributed by atoms with Crippen LogP contribution in [0.5, 0.6) is 0 Å². The Morgan fingerprint density at radius 2 is 1.70 bits per heavy atom. The minimum Gasteiger partial charge on any atom is -0.319 e. The summed E-state index contributed by atoms with van der Waals surface area (Å²) >= 11 is 12.4. The van der Waals surface area contributed by atoms with Crippen molar-refractivity contribution >= 4 is 45.7 Å². The van der Waals surface area contributed by atoms with Crippen LogP contribution in [0.3, 0.4) is 0 Å². The molecule has 0 aliphatic rings. The van der Waals surface area contributed by atoms with E-state index in [0.29, 0.717) is 32.5 Å². The van der Waals surface area contributed by atoms with Gasteiger partial charge in [-0.15, -0.1) is 0 Å². The summed E-state index contributed by atoms with van der Waals surface area (Å²) in [6, 6.07) is 18.0. The monoisotopic (exact) mass is 393 g/mol. The molecule has 27 heavy (non-hydrogen) atoms. The summed E-state index contributed by atoms with van der Waals surface area (Å²) < 4.78 is 0. The zero-order valence-electron chi connectivity index (χ0n) is 14.0. The number of aromatic nitrogens is 2. The van der Waals surface area contributed by atoms with Gasteiger partial charge in [-0.2, -0.15) is 0 Å². The van der Waals surface area contributed by atoms with E-state index < -0.39 is 0 Å². The van der Waals surface area contributed by atoms with E-state index in [1.165, 1.54) is 0 Å². The van der Waals surface area contributed by atoms with Crippen LogP contribution in [0.15, 0.2) is 73.1 Å². The van der Waals surface area contributed by atoms with Gasteiger partial charge in [-0.1, -0.05) is 47.5 Å². The first-order chi connectivity index (χ1) is 13.1. The van der Waals surface area contributed by atoms with E-state index in [9.17, 15) is 4.79 Å². The van der Waals surface area contributed by atoms with Crippen LogP contribution < -0.4 is 5.32 Å². The number of hydrogen-bond donors (Lipinski definition) is 1. The summed E-state index contributed by atoms with van der Waals surface area (Å²) in [5.41, 5.74) is 3.07. The quantitative estimate of drug-likeness (QED) is 0.474. The summed E-state index contributed by atoms with van der Waals surface area (Å²) in [4.78, 5) is 21.8. The topological polar surface area (TPSA) is 54.9 Å². The average Bonchev–Trinajstić information content (AvgIpc) is 2.70. The third-order valence-corrected chi connectivity index (χ3v) is 4.75. The number of pyridine rings is 2. The first kappa shape index (κ1) is 17.5. The number of para-hydroxylation sites is 2. The Morgan fingerprint density at radius 1 is 0.926 bits per heavy atom. The number of benzene rings is 2. The van der Waals surface area contributed by atoms with E-state index in [1.807, 2.05) is 36.4 Å². The first-order valence-corrected chi connectivity index (χ1v) is 8.94. The smallest absolute Gasteiger partial charge is 0.256 e. The molecule has 0 unspecified atom stereocenters. The van der Waals surface area contributed by atoms with Crippen molar-refractivity contribution in [3.63, 3.8) is 0 Å². The van der Waals surface area contributed by atoms with Crippen molar-refractivity contribution in [3.8, 4) is 11.3 Å². The number of halogens is 2. The number of nitrogens with one attached hydrogen (secondary N) is 1. The molecule has 0 bridgehead atoms. The molecule has 6 heteroatoms. The second kappa shape index (κ2) is 7.35. The van der Waals surface area contributed by atoms with Crippen LogP contribution in [0.25, 0.3) is 22.2 Å². The van der Waals surface area contributed by atoms with Gasteiger partial charge >= 0.3 is 0 Å². The SMILES string of the molecule is O=C(Nc1c(Cl)cccc1Cl)c1cc(-c2cccnc2)nc2ccccc12. The van der Waals surface area contributed by atoms with Gasteiger partial charge in [0.15, 0.2) is 0 Å². The molecule has 0 spiro atoms. The molecule has 0 aliphatic heterocycles. The number of fused-ring (bicyclic) bond motifs is 1. The summed E-state index contributed by atoms with van der Waals surface area (Å²) in [5, 5.41) is 4.31. The van der Waals surface area contributed by atoms with Crippen molar-refractivity contribution in [1.82, 2.24) is 9.97 Å². The number of carbonyl (C=O) groups excluding carboxylic acids is 1. The number of amides is 1. The number of carbonyl (C=O) groups is 1. The molecule has 0 fully saturated rings. The van der Waals surface area contributed by atoms with E-state index in [1.54, 1.807) is 36.7 Å². The maximum atomic E-state index is 13.0. The standard InChI is InChI=1S/C21H13Cl2N3O/c22-16-7-3-8-17(23)20(16)26-21(27)15-11-19(13-5-4-10-24-12-13)25-18-9-2-1-6-14(15)18/h1-12H,(H,26,27). The van der Waals surface area contributed by atoms with Crippen molar-refractivity contribution in [2.75, 3.05) is 5.32 Å². The number of nitrogens with zero attached hydrogens (tertiary/aromatic N) is 2. The van der Waals surface area contributed by atoms with Gasteiger partial charge < -0.3 is 5.32 Å². The molecule has 4 nitrogen and oxygen atoms in total. The molecule has 2 aromatic heterocycles. The third kappa shape index (κ3) is 3.50. The Hall–Kier alpha value is -2.95. The highest BCUT2D eigenvalue weighted by Crippen LogP contribution is 2.31. The van der Waals surface area contributed by atoms with Crippen molar-refractivity contribution in [2.45, 2.75) is 0 Å². The lowest BCUT2D eigenvalue weighted by molar-refractivity contribution is 0.102. The van der Waals surface area contributed by atoms with Crippen LogP contribution in [0.2, 0.25) is 10.0 Å². The lowest BCUT2D eigenvalue weighted by Crippen LogP contribution is -2.13. The predicted molar refractivity (Wildman–Crippen MR) is 109 cm³/mol. The van der Waals surface area contributed by atoms with Crippen molar-refractivity contribution in [3.05, 3.63) is 88.7 Å². The lowest BCUT2D eigenvalue weighted by atomic mass is 10.0. The van der Waals surface area contributed by atoms with Crippen LogP contribution in [0.1, 0.15) is 10.4 Å². The maximum absolute atomic E-state index is 13.0. The molecule has 0 saturated carbocycles. The van der Waals surface area contributed by atoms with E-state index in [2.05, 4.69) is 15.3 Å². The van der Waals surface area contributed by atoms with Gasteiger partial charge in [0, 0.05) is 23.3 Å². The molecular formula is C21H13Cl2N3O. The number of anilines is 1. The van der Waals surface area contributed by atoms with Crippen LogP contribution in [-0.2, 0) is 0 Å². The molecule has 0 saturated heterocycles. The van der Waals surface area contributed by atoms with Gasteiger partial charge in [-0.05, 0) is 36.4 Å². The Bertz CT molecular complexity index is 1130. The van der Waals surface area contributed by atoms with Crippen molar-refractivity contribution in [1.29, 1.82) is 0 Å². The highest BCUT2D eigenvalue weighted by molar-refractivity contribution is 6.40. The van der Waals surface area contributed by atoms with Crippen LogP contribution >= 0.6 is 23.2 Å². The highest BCUT2D eigenvalue weighted by Gasteiger charge is 2.16. The molecule has 2 aromatic carbocycles. The number of hydrogen-bond acceptors (Lipinski definition) is 3. The zero-order chi connectivity index (χ0) is 18.8. The molecule has 1 N–H and O–H groups in total. The normalized spacial score (nSPS) is 10.7. The fraction of sp³-hybridized carbons (Fsp3) is 0. The fourth-order valence-electron chi connectivity index (χ4n) is 2.82. The Morgan fingerprint density at radius 3 is 2.44 bits per heavy atom. The summed E-state index contributed by atoms with van der Waals surface area (Å²) in [6.07, 6.45) is 3.40. The lowest BCUT2D eigenvalue weighted by Gasteiger charge is -2.12. The Kier molecular flexibility index (Phi) is 4.75. The second-order valence-corrected chi connectivity index (χ2v) is 6.68. The van der Waals surface area contributed by atoms with Crippen molar-refractivity contribution in [2.24, 2.45) is 0 Å². The first-order valence-electron chi connectivity index (χ1n) is 8.19. The van der Waals surface area contributed by atoms with Gasteiger partial charge in [-0.25, -0.2) is 4.98 Å². The van der Waals surface area contributed by atoms with Gasteiger partial charge in [-0.3, -0.25) is 9.78 Å². The van der Waals surface area contributed by atoms with Crippen LogP contribution in [0, 0.1) is 0 Å². The molecule has 1 amide bonds. The van der Waals surface area contributed by atoms with E-state index in [4.69, 9.17) is 23.2 Å². The predicted octanol–water partition coefficient (Wildman–Crippen LogP) is 5.86. The van der Waals surface area contributed by atoms with Crippen molar-refractivity contribution < 1.29 is 4.79 Å². The second-order valence-electron chi connectivity index (χ2n) is 5.86. The fourth-order valence-corrected chi connectivity index (χ4v) is 3.32. The molecule has 2 heterocycles. The highest BCUT2D eigenvalue weighted by atomic mass is 35.5. The molecule has 0 atom stereocenters. The van der Waals surface area contributed by atoms with Crippen LogP contribution in [0.4, 0.5) is 5.69 Å². The zero-order valence-corrected chi connectivity index (χ0v) is 15.5. The third-order valence-electron chi connectivity index (χ3n) is 4.12. The molecule has 0 aliphatic carbocycles. The molecule has 0 radical (unpaired) electrons. The minimum absolute atomic E-state index is 0.311. The number of rotatable bonds is 3. The van der Waals surface area contributed by atoms with Gasteiger partial charge in [0.2, 0.25) is 0 Å². The van der Waals surface area contributed by atoms with E-state index in [0.717, 1.165) is 10.9 Å². The van der Waals surface area contributed by atoms with Gasteiger partial charge in [0.1, 0.15) is 0 Å². The maximum Gasteiger partial charge on any atom is 0.256 e. The summed E-state index contributed by atoms with van der Waals surface area (Å²) in [7, 11) is 0. The van der Waals surface area contributed by atoms with E-state index in [-0.39, 0.29) is 5.91 Å². The van der Waals surface area contributed by atoms with Crippen LogP contribution in [-0.4, -0.2) is 15.9 Å². The summed E-state index contributed by atoms with van der Waals surface area (Å²) in [6.45, 7) is 0. The molecule has 132 valence electrons. The molecule has 4 rings (SSSR count). The largest absolute Gasteiger partial charge is 0.319 e.